The first kappa shape index (κ1) is 14.5. The minimum Gasteiger partial charge on any atom is -0.420 e. The predicted octanol–water partition coefficient (Wildman–Crippen LogP) is 1.94. The van der Waals surface area contributed by atoms with Gasteiger partial charge in [0.05, 0.1) is 5.75 Å². The van der Waals surface area contributed by atoms with Gasteiger partial charge in [-0.3, -0.25) is 5.41 Å². The molecule has 1 heterocycles. The molecule has 0 unspecified atom stereocenters. The summed E-state index contributed by atoms with van der Waals surface area (Å²) in [5.74, 6) is 1.02. The Balaban J connectivity index is 2.01. The zero-order chi connectivity index (χ0) is 14.5. The van der Waals surface area contributed by atoms with Crippen LogP contribution in [0.3, 0.4) is 0 Å². The van der Waals surface area contributed by atoms with Gasteiger partial charge in [0, 0.05) is 10.0 Å². The molecule has 1 aromatic carbocycles. The van der Waals surface area contributed by atoms with Crippen molar-refractivity contribution >= 4 is 38.8 Å². The summed E-state index contributed by atoms with van der Waals surface area (Å²) in [6.45, 7) is 0. The lowest BCUT2D eigenvalue weighted by molar-refractivity contribution is 0.529. The SMILES string of the molecule is N=C(N=C(N)N)SCc1nnc(-c2ccc(Br)cc2)o1. The van der Waals surface area contributed by atoms with Crippen LogP contribution in [0, 0.1) is 5.41 Å². The summed E-state index contributed by atoms with van der Waals surface area (Å²) in [7, 11) is 0. The Bertz CT molecular complexity index is 635. The summed E-state index contributed by atoms with van der Waals surface area (Å²) < 4.78 is 6.47. The van der Waals surface area contributed by atoms with Crippen molar-refractivity contribution in [3.63, 3.8) is 0 Å². The van der Waals surface area contributed by atoms with Gasteiger partial charge in [-0.1, -0.05) is 27.7 Å². The minimum absolute atomic E-state index is 0.00612. The monoisotopic (exact) mass is 354 g/mol. The molecule has 20 heavy (non-hydrogen) atoms. The number of aromatic nitrogens is 2. The Morgan fingerprint density at radius 1 is 1.30 bits per heavy atom. The number of nitrogens with zero attached hydrogens (tertiary/aromatic N) is 3. The first-order chi connectivity index (χ1) is 9.54. The van der Waals surface area contributed by atoms with Gasteiger partial charge in [0.25, 0.3) is 0 Å². The van der Waals surface area contributed by atoms with Crippen molar-refractivity contribution in [1.29, 1.82) is 5.41 Å². The first-order valence-electron chi connectivity index (χ1n) is 5.44. The smallest absolute Gasteiger partial charge is 0.247 e. The van der Waals surface area contributed by atoms with Gasteiger partial charge in [0.1, 0.15) is 0 Å². The van der Waals surface area contributed by atoms with Crippen molar-refractivity contribution in [2.24, 2.45) is 16.5 Å². The molecule has 0 spiro atoms. The van der Waals surface area contributed by atoms with Crippen LogP contribution >= 0.6 is 27.7 Å². The maximum absolute atomic E-state index is 7.48. The fourth-order valence-corrected chi connectivity index (χ4v) is 2.11. The Labute approximate surface area is 127 Å². The molecule has 2 aromatic rings. The minimum atomic E-state index is -0.149. The third kappa shape index (κ3) is 4.07. The lowest BCUT2D eigenvalue weighted by Gasteiger charge is -1.96. The number of hydrogen-bond acceptors (Lipinski definition) is 5. The summed E-state index contributed by atoms with van der Waals surface area (Å²) in [6, 6.07) is 7.52. The molecule has 0 fully saturated rings. The van der Waals surface area contributed by atoms with E-state index >= 15 is 0 Å². The largest absolute Gasteiger partial charge is 0.420 e. The van der Waals surface area contributed by atoms with Crippen molar-refractivity contribution in [1.82, 2.24) is 10.2 Å². The van der Waals surface area contributed by atoms with E-state index < -0.39 is 0 Å². The van der Waals surface area contributed by atoms with Crippen LogP contribution in [0.25, 0.3) is 11.5 Å². The fraction of sp³-hybridized carbons (Fsp3) is 0.0909. The quantitative estimate of drug-likeness (QED) is 0.570. The maximum atomic E-state index is 7.48. The van der Waals surface area contributed by atoms with Gasteiger partial charge in [0.2, 0.25) is 11.8 Å². The lowest BCUT2D eigenvalue weighted by Crippen LogP contribution is -2.23. The summed E-state index contributed by atoms with van der Waals surface area (Å²) in [4.78, 5) is 3.59. The molecule has 0 bridgehead atoms. The van der Waals surface area contributed by atoms with Crippen LogP contribution in [0.5, 0.6) is 0 Å². The van der Waals surface area contributed by atoms with E-state index in [4.69, 9.17) is 21.3 Å². The van der Waals surface area contributed by atoms with E-state index in [0.717, 1.165) is 21.8 Å². The molecule has 0 aliphatic heterocycles. The van der Waals surface area contributed by atoms with Crippen LogP contribution in [0.1, 0.15) is 5.89 Å². The van der Waals surface area contributed by atoms with Gasteiger partial charge >= 0.3 is 0 Å². The van der Waals surface area contributed by atoms with Gasteiger partial charge < -0.3 is 15.9 Å². The second kappa shape index (κ2) is 6.53. The highest BCUT2D eigenvalue weighted by atomic mass is 79.9. The number of thioether (sulfide) groups is 1. The Hall–Kier alpha value is -1.87. The number of rotatable bonds is 3. The van der Waals surface area contributed by atoms with Crippen molar-refractivity contribution in [2.45, 2.75) is 5.75 Å². The van der Waals surface area contributed by atoms with E-state index in [1.807, 2.05) is 24.3 Å². The lowest BCUT2D eigenvalue weighted by atomic mass is 10.2. The second-order valence-electron chi connectivity index (χ2n) is 3.64. The molecule has 2 rings (SSSR count). The van der Waals surface area contributed by atoms with E-state index in [-0.39, 0.29) is 11.1 Å². The molecule has 5 N–H and O–H groups in total. The van der Waals surface area contributed by atoms with Gasteiger partial charge in [-0.15, -0.1) is 10.2 Å². The molecular weight excluding hydrogens is 344 g/mol. The zero-order valence-electron chi connectivity index (χ0n) is 10.2. The van der Waals surface area contributed by atoms with Crippen molar-refractivity contribution in [3.8, 4) is 11.5 Å². The molecule has 1 aromatic heterocycles. The number of nitrogens with two attached hydrogens (primary N) is 2. The van der Waals surface area contributed by atoms with Crippen LogP contribution in [-0.2, 0) is 5.75 Å². The van der Waals surface area contributed by atoms with Crippen LogP contribution in [0.2, 0.25) is 0 Å². The van der Waals surface area contributed by atoms with Crippen LogP contribution in [-0.4, -0.2) is 21.3 Å². The molecule has 9 heteroatoms. The normalized spacial score (nSPS) is 10.2. The van der Waals surface area contributed by atoms with Gasteiger partial charge in [0.15, 0.2) is 11.1 Å². The molecular formula is C11H11BrN6OS. The average molecular weight is 355 g/mol. The molecule has 0 saturated carbocycles. The van der Waals surface area contributed by atoms with Gasteiger partial charge in [-0.25, -0.2) is 0 Å². The van der Waals surface area contributed by atoms with Gasteiger partial charge in [-0.05, 0) is 24.3 Å². The number of halogens is 1. The number of hydrogen-bond donors (Lipinski definition) is 3. The standard InChI is InChI=1S/C11H11BrN6OS/c12-7-3-1-6(2-4-7)9-18-17-8(19-9)5-20-11(15)16-10(13)14/h1-4H,5H2,(H5,13,14,15,16). The molecule has 7 nitrogen and oxygen atoms in total. The summed E-state index contributed by atoms with van der Waals surface area (Å²) in [5.41, 5.74) is 11.2. The maximum Gasteiger partial charge on any atom is 0.247 e. The number of nitrogens with one attached hydrogen (secondary N) is 1. The molecule has 0 amide bonds. The third-order valence-corrected chi connectivity index (χ3v) is 3.41. The number of aliphatic imine (C=N–C) groups is 1. The number of benzene rings is 1. The predicted molar refractivity (Wildman–Crippen MR) is 82.3 cm³/mol. The van der Waals surface area contributed by atoms with Gasteiger partial charge in [-0.2, -0.15) is 4.99 Å². The molecule has 0 saturated heterocycles. The second-order valence-corrected chi connectivity index (χ2v) is 5.52. The highest BCUT2D eigenvalue weighted by Gasteiger charge is 2.09. The Morgan fingerprint density at radius 2 is 2.00 bits per heavy atom. The summed E-state index contributed by atoms with van der Waals surface area (Å²) >= 11 is 4.46. The van der Waals surface area contributed by atoms with Crippen LogP contribution < -0.4 is 11.5 Å². The van der Waals surface area contributed by atoms with E-state index in [2.05, 4.69) is 31.1 Å². The molecule has 0 atom stereocenters. The zero-order valence-corrected chi connectivity index (χ0v) is 12.6. The highest BCUT2D eigenvalue weighted by molar-refractivity contribution is 9.10. The topological polar surface area (TPSA) is 127 Å². The molecule has 104 valence electrons. The molecule has 0 aliphatic carbocycles. The third-order valence-electron chi connectivity index (χ3n) is 2.12. The van der Waals surface area contributed by atoms with E-state index in [1.54, 1.807) is 0 Å². The van der Waals surface area contributed by atoms with Crippen molar-refractivity contribution in [2.75, 3.05) is 0 Å². The van der Waals surface area contributed by atoms with E-state index in [1.165, 1.54) is 0 Å². The number of amidine groups is 1. The fourth-order valence-electron chi connectivity index (χ4n) is 1.30. The highest BCUT2D eigenvalue weighted by Crippen LogP contribution is 2.22. The average Bonchev–Trinajstić information content (AvgIpc) is 2.85. The van der Waals surface area contributed by atoms with Crippen LogP contribution in [0.4, 0.5) is 0 Å². The number of guanidine groups is 1. The van der Waals surface area contributed by atoms with Crippen molar-refractivity contribution in [3.05, 3.63) is 34.6 Å². The Kier molecular flexibility index (Phi) is 4.74. The van der Waals surface area contributed by atoms with E-state index in [0.29, 0.717) is 17.5 Å². The summed E-state index contributed by atoms with van der Waals surface area (Å²) in [6.07, 6.45) is 0. The molecule has 0 radical (unpaired) electrons. The summed E-state index contributed by atoms with van der Waals surface area (Å²) in [5, 5.41) is 15.3. The van der Waals surface area contributed by atoms with E-state index in [9.17, 15) is 0 Å². The Morgan fingerprint density at radius 3 is 2.65 bits per heavy atom. The van der Waals surface area contributed by atoms with Crippen molar-refractivity contribution < 1.29 is 4.42 Å². The molecule has 0 aliphatic rings. The first-order valence-corrected chi connectivity index (χ1v) is 7.22. The van der Waals surface area contributed by atoms with Crippen LogP contribution in [0.15, 0.2) is 38.1 Å².